The Kier molecular flexibility index (Phi) is 18.0. The lowest BCUT2D eigenvalue weighted by molar-refractivity contribution is 0.326. The molecule has 0 radical (unpaired) electrons. The van der Waals surface area contributed by atoms with Crippen LogP contribution in [0.25, 0.3) is 22.2 Å². The molecule has 4 nitrogen and oxygen atoms in total. The van der Waals surface area contributed by atoms with Crippen LogP contribution in [0.4, 0.5) is 0 Å². The SMILES string of the molecule is CC.CC.CCCCCN(C)CCC.CCc1ccc(-c2cn(C3CCCCC3)c3nc(Cl)ncc23)cc1. The van der Waals surface area contributed by atoms with Gasteiger partial charge in [-0.25, -0.2) is 4.98 Å². The summed E-state index contributed by atoms with van der Waals surface area (Å²) in [6, 6.07) is 9.34. The Morgan fingerprint density at radius 2 is 1.55 bits per heavy atom. The number of halogens is 1. The molecule has 1 saturated carbocycles. The average Bonchev–Trinajstić information content (AvgIpc) is 3.35. The van der Waals surface area contributed by atoms with Crippen LogP contribution in [0, 0.1) is 0 Å². The van der Waals surface area contributed by atoms with Gasteiger partial charge in [0.2, 0.25) is 5.28 Å². The molecular weight excluding hydrogens is 488 g/mol. The van der Waals surface area contributed by atoms with Gasteiger partial charge in [0.15, 0.2) is 0 Å². The molecule has 0 N–H and O–H groups in total. The van der Waals surface area contributed by atoms with Gasteiger partial charge in [0.25, 0.3) is 0 Å². The highest BCUT2D eigenvalue weighted by molar-refractivity contribution is 6.28. The minimum atomic E-state index is 0.325. The average molecular weight is 543 g/mol. The number of nitrogens with zero attached hydrogens (tertiary/aromatic N) is 4. The standard InChI is InChI=1S/C20H22ClN3.C9H21N.2C2H6/c1-2-14-8-10-15(11-9-14)18-13-24(16-6-4-3-5-7-16)19-17(18)12-22-20(21)23-19;1-4-6-7-9-10(3)8-5-2;2*1-2/h8-13,16H,2-7H2,1H3;4-9H2,1-3H3;2*1-2H3. The van der Waals surface area contributed by atoms with E-state index in [4.69, 9.17) is 11.6 Å². The molecule has 0 amide bonds. The monoisotopic (exact) mass is 542 g/mol. The van der Waals surface area contributed by atoms with Crippen LogP contribution in [-0.2, 0) is 6.42 Å². The Labute approximate surface area is 239 Å². The van der Waals surface area contributed by atoms with Crippen LogP contribution in [-0.4, -0.2) is 39.6 Å². The smallest absolute Gasteiger partial charge is 0.224 e. The topological polar surface area (TPSA) is 34.0 Å². The molecule has 0 aliphatic heterocycles. The molecule has 0 spiro atoms. The second-order valence-electron chi connectivity index (χ2n) is 9.68. The maximum atomic E-state index is 6.09. The molecule has 1 aliphatic carbocycles. The van der Waals surface area contributed by atoms with Crippen molar-refractivity contribution in [3.8, 4) is 11.1 Å². The summed E-state index contributed by atoms with van der Waals surface area (Å²) in [5.74, 6) is 0. The molecule has 2 heterocycles. The van der Waals surface area contributed by atoms with E-state index in [1.54, 1.807) is 0 Å². The van der Waals surface area contributed by atoms with Gasteiger partial charge in [0.1, 0.15) is 5.65 Å². The first kappa shape index (κ1) is 34.1. The number of benzene rings is 1. The first-order valence-corrected chi connectivity index (χ1v) is 15.8. The van der Waals surface area contributed by atoms with Crippen molar-refractivity contribution < 1.29 is 0 Å². The number of aryl methyl sites for hydroxylation is 1. The Bertz CT molecular complexity index is 990. The summed E-state index contributed by atoms with van der Waals surface area (Å²) < 4.78 is 2.34. The van der Waals surface area contributed by atoms with E-state index in [-0.39, 0.29) is 0 Å². The Hall–Kier alpha value is -1.91. The van der Waals surface area contributed by atoms with E-state index >= 15 is 0 Å². The van der Waals surface area contributed by atoms with Gasteiger partial charge in [0.05, 0.1) is 0 Å². The van der Waals surface area contributed by atoms with Gasteiger partial charge in [-0.1, -0.05) is 105 Å². The fourth-order valence-corrected chi connectivity index (χ4v) is 5.05. The number of fused-ring (bicyclic) bond motifs is 1. The normalized spacial score (nSPS) is 13.2. The largest absolute Gasteiger partial charge is 0.329 e. The van der Waals surface area contributed by atoms with Crippen molar-refractivity contribution in [2.45, 2.75) is 119 Å². The third kappa shape index (κ3) is 10.7. The number of hydrogen-bond donors (Lipinski definition) is 0. The highest BCUT2D eigenvalue weighted by atomic mass is 35.5. The molecule has 1 aromatic carbocycles. The van der Waals surface area contributed by atoms with E-state index in [2.05, 4.69) is 77.7 Å². The zero-order valence-electron chi connectivity index (χ0n) is 25.7. The van der Waals surface area contributed by atoms with E-state index in [1.165, 1.54) is 87.6 Å². The molecule has 5 heteroatoms. The molecule has 2 aromatic heterocycles. The number of rotatable bonds is 9. The predicted octanol–water partition coefficient (Wildman–Crippen LogP) is 10.4. The lowest BCUT2D eigenvalue weighted by Crippen LogP contribution is -2.20. The summed E-state index contributed by atoms with van der Waals surface area (Å²) in [6.07, 6.45) is 16.9. The third-order valence-corrected chi connectivity index (χ3v) is 7.11. The van der Waals surface area contributed by atoms with Crippen LogP contribution in [0.3, 0.4) is 0 Å². The van der Waals surface area contributed by atoms with Gasteiger partial charge >= 0.3 is 0 Å². The van der Waals surface area contributed by atoms with Crippen LogP contribution >= 0.6 is 11.6 Å². The fraction of sp³-hybridized carbons (Fsp3) is 0.636. The van der Waals surface area contributed by atoms with Crippen LogP contribution in [0.2, 0.25) is 5.28 Å². The zero-order chi connectivity index (χ0) is 28.3. The molecule has 0 saturated heterocycles. The van der Waals surface area contributed by atoms with E-state index in [1.807, 2.05) is 33.9 Å². The van der Waals surface area contributed by atoms with Crippen molar-refractivity contribution in [2.24, 2.45) is 0 Å². The fourth-order valence-electron chi connectivity index (χ4n) is 4.92. The maximum Gasteiger partial charge on any atom is 0.224 e. The van der Waals surface area contributed by atoms with Crippen LogP contribution in [0.1, 0.15) is 118 Å². The van der Waals surface area contributed by atoms with Crippen LogP contribution in [0.5, 0.6) is 0 Å². The Balaban J connectivity index is 0.000000438. The molecule has 38 heavy (non-hydrogen) atoms. The summed E-state index contributed by atoms with van der Waals surface area (Å²) in [5.41, 5.74) is 4.75. The van der Waals surface area contributed by atoms with Crippen LogP contribution in [0.15, 0.2) is 36.7 Å². The van der Waals surface area contributed by atoms with Crippen LogP contribution < -0.4 is 0 Å². The van der Waals surface area contributed by atoms with Gasteiger partial charge in [-0.05, 0) is 75.0 Å². The highest BCUT2D eigenvalue weighted by Crippen LogP contribution is 2.36. The molecule has 1 aliphatic rings. The summed E-state index contributed by atoms with van der Waals surface area (Å²) in [4.78, 5) is 11.2. The van der Waals surface area contributed by atoms with Gasteiger partial charge in [0, 0.05) is 29.4 Å². The van der Waals surface area contributed by atoms with Crippen molar-refractivity contribution in [1.29, 1.82) is 0 Å². The summed E-state index contributed by atoms with van der Waals surface area (Å²) in [7, 11) is 2.21. The minimum Gasteiger partial charge on any atom is -0.329 e. The van der Waals surface area contributed by atoms with Gasteiger partial charge in [-0.2, -0.15) is 4.98 Å². The quantitative estimate of drug-likeness (QED) is 0.199. The van der Waals surface area contributed by atoms with E-state index in [0.717, 1.165) is 17.5 Å². The van der Waals surface area contributed by atoms with E-state index in [9.17, 15) is 0 Å². The second-order valence-corrected chi connectivity index (χ2v) is 10.0. The Morgan fingerprint density at radius 3 is 2.13 bits per heavy atom. The maximum absolute atomic E-state index is 6.09. The summed E-state index contributed by atoms with van der Waals surface area (Å²) in [5, 5.41) is 1.42. The molecular formula is C33H55ClN4. The first-order valence-electron chi connectivity index (χ1n) is 15.4. The second kappa shape index (κ2) is 20.1. The van der Waals surface area contributed by atoms with Crippen molar-refractivity contribution in [3.63, 3.8) is 0 Å². The Morgan fingerprint density at radius 1 is 0.895 bits per heavy atom. The molecule has 0 atom stereocenters. The molecule has 3 aromatic rings. The zero-order valence-corrected chi connectivity index (χ0v) is 26.4. The van der Waals surface area contributed by atoms with E-state index in [0.29, 0.717) is 11.3 Å². The van der Waals surface area contributed by atoms with Crippen molar-refractivity contribution in [2.75, 3.05) is 20.1 Å². The molecule has 0 unspecified atom stereocenters. The summed E-state index contributed by atoms with van der Waals surface area (Å²) in [6.45, 7) is 17.2. The minimum absolute atomic E-state index is 0.325. The lowest BCUT2D eigenvalue weighted by atomic mass is 9.95. The van der Waals surface area contributed by atoms with E-state index < -0.39 is 0 Å². The number of hydrogen-bond acceptors (Lipinski definition) is 3. The predicted molar refractivity (Wildman–Crippen MR) is 169 cm³/mol. The molecule has 4 rings (SSSR count). The number of unbranched alkanes of at least 4 members (excludes halogenated alkanes) is 2. The van der Waals surface area contributed by atoms with Crippen molar-refractivity contribution >= 4 is 22.6 Å². The lowest BCUT2D eigenvalue weighted by Gasteiger charge is -2.23. The van der Waals surface area contributed by atoms with Gasteiger partial charge in [-0.15, -0.1) is 0 Å². The number of aromatic nitrogens is 3. The highest BCUT2D eigenvalue weighted by Gasteiger charge is 2.21. The van der Waals surface area contributed by atoms with Gasteiger partial charge < -0.3 is 9.47 Å². The van der Waals surface area contributed by atoms with Crippen molar-refractivity contribution in [3.05, 3.63) is 47.5 Å². The third-order valence-electron chi connectivity index (χ3n) is 6.93. The first-order chi connectivity index (χ1) is 18.6. The molecule has 214 valence electrons. The molecule has 1 fully saturated rings. The summed E-state index contributed by atoms with van der Waals surface area (Å²) >= 11 is 6.09. The molecule has 0 bridgehead atoms. The van der Waals surface area contributed by atoms with Gasteiger partial charge in [-0.3, -0.25) is 0 Å². The van der Waals surface area contributed by atoms with Crippen molar-refractivity contribution in [1.82, 2.24) is 19.4 Å².